The second-order valence-corrected chi connectivity index (χ2v) is 6.03. The van der Waals surface area contributed by atoms with E-state index in [-0.39, 0.29) is 5.63 Å². The van der Waals surface area contributed by atoms with Gasteiger partial charge < -0.3 is 9.73 Å². The molecule has 0 atom stereocenters. The number of nitrogens with one attached hydrogen (secondary N) is 1. The summed E-state index contributed by atoms with van der Waals surface area (Å²) in [7, 11) is 0. The quantitative estimate of drug-likeness (QED) is 0.880. The number of piperazine rings is 1. The summed E-state index contributed by atoms with van der Waals surface area (Å²) in [5.41, 5.74) is 2.78. The van der Waals surface area contributed by atoms with Crippen LogP contribution < -0.4 is 10.9 Å². The maximum Gasteiger partial charge on any atom is 0.336 e. The molecule has 3 rings (SSSR count). The highest BCUT2D eigenvalue weighted by Gasteiger charge is 2.14. The Balaban J connectivity index is 2.02. The van der Waals surface area contributed by atoms with Gasteiger partial charge in [-0.25, -0.2) is 4.79 Å². The van der Waals surface area contributed by atoms with Crippen LogP contribution in [0.25, 0.3) is 11.0 Å². The number of nitrogens with zero attached hydrogens (tertiary/aromatic N) is 1. The van der Waals surface area contributed by atoms with E-state index in [1.54, 1.807) is 6.07 Å². The van der Waals surface area contributed by atoms with E-state index in [0.29, 0.717) is 11.5 Å². The molecule has 2 aromatic rings. The predicted octanol–water partition coefficient (Wildman–Crippen LogP) is 2.32. The molecule has 1 aromatic heterocycles. The number of hydrogen-bond donors (Lipinski definition) is 1. The van der Waals surface area contributed by atoms with Crippen molar-refractivity contribution >= 4 is 11.0 Å². The summed E-state index contributed by atoms with van der Waals surface area (Å²) < 4.78 is 5.34. The third-order valence-corrected chi connectivity index (χ3v) is 4.12. The lowest BCUT2D eigenvalue weighted by molar-refractivity contribution is 0.233. The molecule has 4 nitrogen and oxygen atoms in total. The molecule has 0 spiro atoms. The van der Waals surface area contributed by atoms with Gasteiger partial charge in [0.15, 0.2) is 0 Å². The monoisotopic (exact) mass is 286 g/mol. The lowest BCUT2D eigenvalue weighted by Gasteiger charge is -2.27. The van der Waals surface area contributed by atoms with Crippen molar-refractivity contribution in [3.63, 3.8) is 0 Å². The minimum atomic E-state index is -0.259. The number of fused-ring (bicyclic) bond motifs is 1. The van der Waals surface area contributed by atoms with Crippen LogP contribution in [-0.4, -0.2) is 31.1 Å². The van der Waals surface area contributed by atoms with Gasteiger partial charge in [0, 0.05) is 44.2 Å². The highest BCUT2D eigenvalue weighted by Crippen LogP contribution is 2.24. The standard InChI is InChI=1S/C17H22N2O2/c1-12(2)13-3-4-16-15(9-13)14(10-17(20)21-16)11-19-7-5-18-6-8-19/h3-4,9-10,12,18H,5-8,11H2,1-2H3. The third-order valence-electron chi connectivity index (χ3n) is 4.12. The molecule has 0 saturated carbocycles. The van der Waals surface area contributed by atoms with Crippen molar-refractivity contribution in [1.82, 2.24) is 10.2 Å². The minimum Gasteiger partial charge on any atom is -0.423 e. The summed E-state index contributed by atoms with van der Waals surface area (Å²) in [5.74, 6) is 0.466. The van der Waals surface area contributed by atoms with Crippen LogP contribution in [0.15, 0.2) is 33.5 Å². The molecule has 1 aliphatic rings. The van der Waals surface area contributed by atoms with Crippen LogP contribution in [0.5, 0.6) is 0 Å². The van der Waals surface area contributed by atoms with Gasteiger partial charge in [-0.15, -0.1) is 0 Å². The molecule has 2 heterocycles. The fourth-order valence-electron chi connectivity index (χ4n) is 2.85. The van der Waals surface area contributed by atoms with Crippen LogP contribution in [0.4, 0.5) is 0 Å². The Morgan fingerprint density at radius 1 is 1.24 bits per heavy atom. The first-order valence-electron chi connectivity index (χ1n) is 7.63. The van der Waals surface area contributed by atoms with E-state index in [4.69, 9.17) is 4.42 Å². The smallest absolute Gasteiger partial charge is 0.336 e. The van der Waals surface area contributed by atoms with Gasteiger partial charge in [0.05, 0.1) is 0 Å². The maximum atomic E-state index is 11.8. The Kier molecular flexibility index (Phi) is 4.08. The summed E-state index contributed by atoms with van der Waals surface area (Å²) in [6.07, 6.45) is 0. The second-order valence-electron chi connectivity index (χ2n) is 6.03. The van der Waals surface area contributed by atoms with E-state index in [9.17, 15) is 4.79 Å². The topological polar surface area (TPSA) is 45.5 Å². The Hall–Kier alpha value is -1.65. The molecule has 0 unspecified atom stereocenters. The van der Waals surface area contributed by atoms with Crippen molar-refractivity contribution in [2.75, 3.05) is 26.2 Å². The normalized spacial score (nSPS) is 16.7. The third kappa shape index (κ3) is 3.17. The molecule has 1 saturated heterocycles. The molecule has 1 N–H and O–H groups in total. The van der Waals surface area contributed by atoms with Crippen molar-refractivity contribution in [1.29, 1.82) is 0 Å². The SMILES string of the molecule is CC(C)c1ccc2oc(=O)cc(CN3CCNCC3)c2c1. The average molecular weight is 286 g/mol. The van der Waals surface area contributed by atoms with Crippen molar-refractivity contribution in [3.05, 3.63) is 45.8 Å². The molecule has 112 valence electrons. The maximum absolute atomic E-state index is 11.8. The van der Waals surface area contributed by atoms with Crippen LogP contribution in [0.1, 0.15) is 30.9 Å². The van der Waals surface area contributed by atoms with Crippen LogP contribution in [0.2, 0.25) is 0 Å². The van der Waals surface area contributed by atoms with E-state index in [1.807, 2.05) is 12.1 Å². The van der Waals surface area contributed by atoms with Gasteiger partial charge in [-0.1, -0.05) is 19.9 Å². The molecule has 0 amide bonds. The summed E-state index contributed by atoms with van der Waals surface area (Å²) in [4.78, 5) is 14.1. The van der Waals surface area contributed by atoms with Crippen LogP contribution in [-0.2, 0) is 6.54 Å². The van der Waals surface area contributed by atoms with Crippen molar-refractivity contribution in [2.45, 2.75) is 26.3 Å². The molecular weight excluding hydrogens is 264 g/mol. The summed E-state index contributed by atoms with van der Waals surface area (Å²) in [6.45, 7) is 9.22. The van der Waals surface area contributed by atoms with Crippen LogP contribution in [0, 0.1) is 0 Å². The van der Waals surface area contributed by atoms with Gasteiger partial charge in [-0.05, 0) is 29.2 Å². The Bertz CT molecular complexity index is 685. The first-order valence-corrected chi connectivity index (χ1v) is 7.63. The van der Waals surface area contributed by atoms with E-state index >= 15 is 0 Å². The summed E-state index contributed by atoms with van der Waals surface area (Å²) in [5, 5.41) is 4.42. The average Bonchev–Trinajstić information content (AvgIpc) is 2.47. The molecule has 0 bridgehead atoms. The minimum absolute atomic E-state index is 0.259. The highest BCUT2D eigenvalue weighted by atomic mass is 16.4. The van der Waals surface area contributed by atoms with Gasteiger partial charge in [0.25, 0.3) is 0 Å². The molecule has 1 aliphatic heterocycles. The largest absolute Gasteiger partial charge is 0.423 e. The number of rotatable bonds is 3. The Labute approximate surface area is 124 Å². The molecular formula is C17H22N2O2. The fourth-order valence-corrected chi connectivity index (χ4v) is 2.85. The molecule has 0 radical (unpaired) electrons. The molecule has 4 heteroatoms. The van der Waals surface area contributed by atoms with E-state index in [2.05, 4.69) is 30.1 Å². The number of benzene rings is 1. The molecule has 1 fully saturated rings. The van der Waals surface area contributed by atoms with Gasteiger partial charge in [-0.3, -0.25) is 4.90 Å². The summed E-state index contributed by atoms with van der Waals surface area (Å²) in [6, 6.07) is 7.78. The van der Waals surface area contributed by atoms with Crippen molar-refractivity contribution < 1.29 is 4.42 Å². The van der Waals surface area contributed by atoms with Gasteiger partial charge in [0.1, 0.15) is 5.58 Å². The molecule has 0 aliphatic carbocycles. The number of hydrogen-bond acceptors (Lipinski definition) is 4. The summed E-state index contributed by atoms with van der Waals surface area (Å²) >= 11 is 0. The second kappa shape index (κ2) is 6.00. The zero-order chi connectivity index (χ0) is 14.8. The lowest BCUT2D eigenvalue weighted by atomic mass is 9.99. The van der Waals surface area contributed by atoms with Gasteiger partial charge in [0.2, 0.25) is 0 Å². The first kappa shape index (κ1) is 14.3. The molecule has 1 aromatic carbocycles. The van der Waals surface area contributed by atoms with Crippen LogP contribution >= 0.6 is 0 Å². The Morgan fingerprint density at radius 3 is 2.71 bits per heavy atom. The Morgan fingerprint density at radius 2 is 2.00 bits per heavy atom. The zero-order valence-electron chi connectivity index (χ0n) is 12.7. The fraction of sp³-hybridized carbons (Fsp3) is 0.471. The van der Waals surface area contributed by atoms with Gasteiger partial charge in [-0.2, -0.15) is 0 Å². The van der Waals surface area contributed by atoms with Crippen LogP contribution in [0.3, 0.4) is 0 Å². The van der Waals surface area contributed by atoms with E-state index in [1.165, 1.54) is 5.56 Å². The van der Waals surface area contributed by atoms with Crippen molar-refractivity contribution in [3.8, 4) is 0 Å². The molecule has 21 heavy (non-hydrogen) atoms. The van der Waals surface area contributed by atoms with E-state index in [0.717, 1.165) is 43.7 Å². The van der Waals surface area contributed by atoms with Crippen molar-refractivity contribution in [2.24, 2.45) is 0 Å². The highest BCUT2D eigenvalue weighted by molar-refractivity contribution is 5.81. The zero-order valence-corrected chi connectivity index (χ0v) is 12.7. The lowest BCUT2D eigenvalue weighted by Crippen LogP contribution is -2.43. The van der Waals surface area contributed by atoms with E-state index < -0.39 is 0 Å². The van der Waals surface area contributed by atoms with Gasteiger partial charge >= 0.3 is 5.63 Å². The first-order chi connectivity index (χ1) is 10.1. The predicted molar refractivity (Wildman–Crippen MR) is 84.7 cm³/mol.